The Labute approximate surface area is 132 Å². The van der Waals surface area contributed by atoms with Crippen molar-refractivity contribution in [3.63, 3.8) is 0 Å². The number of nitrogens with two attached hydrogens (primary N) is 1. The summed E-state index contributed by atoms with van der Waals surface area (Å²) < 4.78 is 2.85. The molecule has 0 aliphatic heterocycles. The zero-order valence-corrected chi connectivity index (χ0v) is 13.9. The van der Waals surface area contributed by atoms with Crippen LogP contribution in [0.3, 0.4) is 0 Å². The Kier molecular flexibility index (Phi) is 3.66. The van der Waals surface area contributed by atoms with Crippen LogP contribution >= 0.6 is 22.6 Å². The molecule has 0 spiro atoms. The number of anilines is 1. The monoisotopic (exact) mass is 383 g/mol. The predicted molar refractivity (Wildman–Crippen MR) is 87.3 cm³/mol. The Bertz CT molecular complexity index is 643. The van der Waals surface area contributed by atoms with Gasteiger partial charge in [-0.2, -0.15) is 5.10 Å². The molecular weight excluding hydrogens is 365 g/mol. The summed E-state index contributed by atoms with van der Waals surface area (Å²) in [5, 5.41) is 4.27. The fourth-order valence-corrected chi connectivity index (χ4v) is 3.47. The highest BCUT2D eigenvalue weighted by Crippen LogP contribution is 2.37. The van der Waals surface area contributed by atoms with Crippen LogP contribution in [0.25, 0.3) is 11.4 Å². The van der Waals surface area contributed by atoms with E-state index in [0.29, 0.717) is 17.6 Å². The van der Waals surface area contributed by atoms with Crippen molar-refractivity contribution >= 4 is 28.4 Å². The molecule has 1 aliphatic carbocycles. The van der Waals surface area contributed by atoms with Gasteiger partial charge < -0.3 is 5.73 Å². The van der Waals surface area contributed by atoms with Gasteiger partial charge in [-0.25, -0.2) is 9.97 Å². The van der Waals surface area contributed by atoms with Gasteiger partial charge in [-0.05, 0) is 42.4 Å². The number of nitrogen functional groups attached to an aromatic ring is 1. The summed E-state index contributed by atoms with van der Waals surface area (Å²) in [6.45, 7) is 2.02. The molecule has 5 nitrogen and oxygen atoms in total. The van der Waals surface area contributed by atoms with Crippen molar-refractivity contribution in [2.45, 2.75) is 38.5 Å². The van der Waals surface area contributed by atoms with Gasteiger partial charge in [-0.1, -0.05) is 12.8 Å². The van der Waals surface area contributed by atoms with Crippen LogP contribution in [0.4, 0.5) is 5.82 Å². The van der Waals surface area contributed by atoms with Crippen molar-refractivity contribution in [3.05, 3.63) is 21.2 Å². The SMILES string of the molecule is Cc1c(-c2nc(N)c(I)c(C3CCCC3)n2)cnn1C. The van der Waals surface area contributed by atoms with E-state index in [-0.39, 0.29) is 0 Å². The van der Waals surface area contributed by atoms with E-state index in [1.54, 1.807) is 0 Å². The molecule has 106 valence electrons. The fraction of sp³-hybridized carbons (Fsp3) is 0.500. The van der Waals surface area contributed by atoms with Crippen LogP contribution in [-0.2, 0) is 7.05 Å². The third-order valence-corrected chi connectivity index (χ3v) is 5.23. The fourth-order valence-electron chi connectivity index (χ4n) is 2.79. The summed E-state index contributed by atoms with van der Waals surface area (Å²) in [4.78, 5) is 9.26. The van der Waals surface area contributed by atoms with Crippen LogP contribution < -0.4 is 5.73 Å². The van der Waals surface area contributed by atoms with Crippen molar-refractivity contribution in [3.8, 4) is 11.4 Å². The Hall–Kier alpha value is -1.18. The van der Waals surface area contributed by atoms with E-state index >= 15 is 0 Å². The largest absolute Gasteiger partial charge is 0.383 e. The van der Waals surface area contributed by atoms with Gasteiger partial charge >= 0.3 is 0 Å². The van der Waals surface area contributed by atoms with Gasteiger partial charge in [-0.15, -0.1) is 0 Å². The van der Waals surface area contributed by atoms with Crippen molar-refractivity contribution < 1.29 is 0 Å². The number of nitrogens with zero attached hydrogens (tertiary/aromatic N) is 4. The first-order chi connectivity index (χ1) is 9.58. The zero-order valence-electron chi connectivity index (χ0n) is 11.7. The third kappa shape index (κ3) is 2.30. The van der Waals surface area contributed by atoms with E-state index in [9.17, 15) is 0 Å². The van der Waals surface area contributed by atoms with E-state index in [4.69, 9.17) is 10.7 Å². The molecular formula is C14H18IN5. The maximum atomic E-state index is 6.10. The molecule has 20 heavy (non-hydrogen) atoms. The molecule has 2 aromatic rings. The van der Waals surface area contributed by atoms with Crippen molar-refractivity contribution in [1.82, 2.24) is 19.7 Å². The quantitative estimate of drug-likeness (QED) is 0.810. The number of aryl methyl sites for hydroxylation is 1. The van der Waals surface area contributed by atoms with E-state index < -0.39 is 0 Å². The number of hydrogen-bond acceptors (Lipinski definition) is 4. The first-order valence-electron chi connectivity index (χ1n) is 6.89. The second kappa shape index (κ2) is 5.31. The molecule has 1 aliphatic rings. The van der Waals surface area contributed by atoms with E-state index in [2.05, 4.69) is 32.7 Å². The summed E-state index contributed by atoms with van der Waals surface area (Å²) in [5.41, 5.74) is 9.24. The Balaban J connectivity index is 2.10. The summed E-state index contributed by atoms with van der Waals surface area (Å²) in [7, 11) is 1.92. The minimum atomic E-state index is 0.530. The van der Waals surface area contributed by atoms with Gasteiger partial charge in [-0.3, -0.25) is 4.68 Å². The van der Waals surface area contributed by atoms with E-state index in [1.807, 2.05) is 24.9 Å². The second-order valence-electron chi connectivity index (χ2n) is 5.38. The molecule has 6 heteroatoms. The third-order valence-electron chi connectivity index (χ3n) is 4.12. The molecule has 0 amide bonds. The van der Waals surface area contributed by atoms with Crippen molar-refractivity contribution in [2.75, 3.05) is 5.73 Å². The lowest BCUT2D eigenvalue weighted by atomic mass is 10.0. The molecule has 0 saturated heterocycles. The lowest BCUT2D eigenvalue weighted by Gasteiger charge is -2.13. The van der Waals surface area contributed by atoms with Gasteiger partial charge in [0.05, 0.1) is 21.0 Å². The average Bonchev–Trinajstić information content (AvgIpc) is 3.05. The molecule has 0 radical (unpaired) electrons. The Morgan fingerprint density at radius 3 is 2.60 bits per heavy atom. The maximum absolute atomic E-state index is 6.10. The summed E-state index contributed by atoms with van der Waals surface area (Å²) in [6, 6.07) is 0. The van der Waals surface area contributed by atoms with Crippen LogP contribution in [0.5, 0.6) is 0 Å². The highest BCUT2D eigenvalue weighted by atomic mass is 127. The summed E-state index contributed by atoms with van der Waals surface area (Å²) >= 11 is 2.27. The molecule has 2 aromatic heterocycles. The van der Waals surface area contributed by atoms with Crippen molar-refractivity contribution in [1.29, 1.82) is 0 Å². The number of rotatable bonds is 2. The van der Waals surface area contributed by atoms with Gasteiger partial charge in [0.2, 0.25) is 0 Å². The predicted octanol–water partition coefficient (Wildman–Crippen LogP) is 3.03. The maximum Gasteiger partial charge on any atom is 0.165 e. The van der Waals surface area contributed by atoms with Crippen LogP contribution in [0, 0.1) is 10.5 Å². The van der Waals surface area contributed by atoms with Gasteiger partial charge in [0.25, 0.3) is 0 Å². The summed E-state index contributed by atoms with van der Waals surface area (Å²) in [5.74, 6) is 1.82. The van der Waals surface area contributed by atoms with Crippen LogP contribution in [0.1, 0.15) is 43.0 Å². The highest BCUT2D eigenvalue weighted by molar-refractivity contribution is 14.1. The molecule has 1 fully saturated rings. The molecule has 1 saturated carbocycles. The first kappa shape index (κ1) is 13.8. The van der Waals surface area contributed by atoms with Crippen LogP contribution in [0.15, 0.2) is 6.20 Å². The molecule has 0 unspecified atom stereocenters. The molecule has 0 atom stereocenters. The molecule has 2 N–H and O–H groups in total. The highest BCUT2D eigenvalue weighted by Gasteiger charge is 2.24. The zero-order chi connectivity index (χ0) is 14.3. The first-order valence-corrected chi connectivity index (χ1v) is 7.97. The molecule has 3 rings (SSSR count). The number of hydrogen-bond donors (Lipinski definition) is 1. The smallest absolute Gasteiger partial charge is 0.165 e. The number of halogens is 1. The van der Waals surface area contributed by atoms with E-state index in [0.717, 1.165) is 20.5 Å². The molecule has 0 bridgehead atoms. The lowest BCUT2D eigenvalue weighted by molar-refractivity contribution is 0.691. The normalized spacial score (nSPS) is 15.9. The lowest BCUT2D eigenvalue weighted by Crippen LogP contribution is -2.08. The summed E-state index contributed by atoms with van der Waals surface area (Å²) in [6.07, 6.45) is 6.79. The number of aromatic nitrogens is 4. The van der Waals surface area contributed by atoms with Crippen molar-refractivity contribution in [2.24, 2.45) is 7.05 Å². The topological polar surface area (TPSA) is 69.6 Å². The standard InChI is InChI=1S/C14H18IN5/c1-8-10(7-17-20(8)2)14-18-12(9-5-3-4-6-9)11(15)13(16)19-14/h7,9H,3-6H2,1-2H3,(H2,16,18,19). The van der Waals surface area contributed by atoms with Gasteiger partial charge in [0.1, 0.15) is 5.82 Å². The van der Waals surface area contributed by atoms with E-state index in [1.165, 1.54) is 25.7 Å². The average molecular weight is 383 g/mol. The van der Waals surface area contributed by atoms with Crippen LogP contribution in [-0.4, -0.2) is 19.7 Å². The molecule has 2 heterocycles. The van der Waals surface area contributed by atoms with Crippen LogP contribution in [0.2, 0.25) is 0 Å². The van der Waals surface area contributed by atoms with Gasteiger partial charge in [0.15, 0.2) is 5.82 Å². The molecule has 0 aromatic carbocycles. The minimum absolute atomic E-state index is 0.530. The Morgan fingerprint density at radius 2 is 2.00 bits per heavy atom. The second-order valence-corrected chi connectivity index (χ2v) is 6.46. The van der Waals surface area contributed by atoms with Gasteiger partial charge in [0, 0.05) is 18.7 Å². The Morgan fingerprint density at radius 1 is 1.30 bits per heavy atom. The minimum Gasteiger partial charge on any atom is -0.383 e.